The van der Waals surface area contributed by atoms with E-state index in [-0.39, 0.29) is 0 Å². The molecule has 0 amide bonds. The summed E-state index contributed by atoms with van der Waals surface area (Å²) in [4.78, 5) is 9.41. The molecule has 1 saturated carbocycles. The van der Waals surface area contributed by atoms with Crippen LogP contribution in [0.15, 0.2) is 30.6 Å². The molecule has 2 atom stereocenters. The molecule has 1 N–H and O–H groups in total. The van der Waals surface area contributed by atoms with Gasteiger partial charge in [-0.3, -0.25) is 4.98 Å². The van der Waals surface area contributed by atoms with Crippen LogP contribution in [-0.2, 0) is 4.74 Å². The number of nitrogens with zero attached hydrogens (tertiary/aromatic N) is 2. The van der Waals surface area contributed by atoms with Crippen molar-refractivity contribution in [2.24, 2.45) is 5.92 Å². The van der Waals surface area contributed by atoms with Gasteiger partial charge in [0.1, 0.15) is 4.99 Å². The van der Waals surface area contributed by atoms with E-state index in [1.165, 1.54) is 19.3 Å². The minimum absolute atomic E-state index is 0.347. The molecule has 1 aliphatic rings. The first kappa shape index (κ1) is 15.3. The topological polar surface area (TPSA) is 47.0 Å². The van der Waals surface area contributed by atoms with Gasteiger partial charge in [0, 0.05) is 37.4 Å². The van der Waals surface area contributed by atoms with Crippen molar-refractivity contribution >= 4 is 28.1 Å². The van der Waals surface area contributed by atoms with E-state index in [9.17, 15) is 0 Å². The summed E-state index contributed by atoms with van der Waals surface area (Å²) in [6.45, 7) is 0.855. The van der Waals surface area contributed by atoms with Crippen LogP contribution >= 0.6 is 12.2 Å². The van der Waals surface area contributed by atoms with Crippen LogP contribution < -0.4 is 5.32 Å². The van der Waals surface area contributed by atoms with Crippen molar-refractivity contribution in [3.8, 4) is 0 Å². The van der Waals surface area contributed by atoms with Crippen LogP contribution in [0.1, 0.15) is 31.4 Å². The number of methoxy groups -OCH3 is 1. The van der Waals surface area contributed by atoms with E-state index < -0.39 is 0 Å². The molecule has 2 aromatic heterocycles. The average Bonchev–Trinajstić information content (AvgIpc) is 2.59. The Hall–Kier alpha value is -1.59. The lowest BCUT2D eigenvalue weighted by Gasteiger charge is -2.30. The largest absolute Gasteiger partial charge is 0.381 e. The van der Waals surface area contributed by atoms with Gasteiger partial charge in [-0.2, -0.15) is 0 Å². The molecule has 5 heteroatoms. The Morgan fingerprint density at radius 3 is 3.05 bits per heavy atom. The molecule has 0 aliphatic heterocycles. The summed E-state index contributed by atoms with van der Waals surface area (Å²) < 4.78 is 5.59. The van der Waals surface area contributed by atoms with Crippen LogP contribution in [-0.4, -0.2) is 34.7 Å². The van der Waals surface area contributed by atoms with Crippen molar-refractivity contribution in [2.75, 3.05) is 13.7 Å². The number of aromatic nitrogens is 2. The highest BCUT2D eigenvalue weighted by molar-refractivity contribution is 7.80. The van der Waals surface area contributed by atoms with E-state index in [1.807, 2.05) is 24.4 Å². The number of hydrogen-bond donors (Lipinski definition) is 1. The second-order valence-electron chi connectivity index (χ2n) is 5.79. The Kier molecular flexibility index (Phi) is 4.95. The minimum atomic E-state index is 0.347. The van der Waals surface area contributed by atoms with Gasteiger partial charge < -0.3 is 10.1 Å². The molecule has 1 fully saturated rings. The Balaban J connectivity index is 1.65. The lowest BCUT2D eigenvalue weighted by molar-refractivity contribution is 0.0257. The third kappa shape index (κ3) is 3.42. The van der Waals surface area contributed by atoms with E-state index in [0.717, 1.165) is 29.6 Å². The molecule has 22 heavy (non-hydrogen) atoms. The Morgan fingerprint density at radius 1 is 1.32 bits per heavy atom. The van der Waals surface area contributed by atoms with Gasteiger partial charge in [-0.1, -0.05) is 25.1 Å². The second-order valence-corrected chi connectivity index (χ2v) is 6.20. The van der Waals surface area contributed by atoms with Gasteiger partial charge in [0.15, 0.2) is 0 Å². The van der Waals surface area contributed by atoms with E-state index in [1.54, 1.807) is 13.3 Å². The molecule has 2 heterocycles. The van der Waals surface area contributed by atoms with E-state index >= 15 is 0 Å². The van der Waals surface area contributed by atoms with Crippen LogP contribution in [0.2, 0.25) is 0 Å². The van der Waals surface area contributed by atoms with Crippen LogP contribution in [0.3, 0.4) is 0 Å². The molecule has 0 saturated heterocycles. The van der Waals surface area contributed by atoms with Gasteiger partial charge in [-0.15, -0.1) is 0 Å². The summed E-state index contributed by atoms with van der Waals surface area (Å²) in [6.07, 6.45) is 8.80. The van der Waals surface area contributed by atoms with Crippen LogP contribution in [0.25, 0.3) is 10.9 Å². The maximum absolute atomic E-state index is 5.59. The van der Waals surface area contributed by atoms with Crippen LogP contribution in [0.4, 0.5) is 0 Å². The normalized spacial score (nSPS) is 21.7. The summed E-state index contributed by atoms with van der Waals surface area (Å²) in [7, 11) is 1.81. The first-order chi connectivity index (χ1) is 10.8. The van der Waals surface area contributed by atoms with Crippen molar-refractivity contribution in [3.05, 3.63) is 36.3 Å². The molecule has 0 aromatic carbocycles. The predicted octanol–water partition coefficient (Wildman–Crippen LogP) is 3.10. The van der Waals surface area contributed by atoms with Gasteiger partial charge in [-0.25, -0.2) is 4.98 Å². The van der Waals surface area contributed by atoms with Gasteiger partial charge in [0.2, 0.25) is 0 Å². The number of thiocarbonyl (C=S) groups is 1. The Labute approximate surface area is 136 Å². The Morgan fingerprint density at radius 2 is 2.18 bits per heavy atom. The average molecular weight is 315 g/mol. The lowest BCUT2D eigenvalue weighted by Crippen LogP contribution is -2.37. The third-order valence-corrected chi connectivity index (χ3v) is 4.74. The zero-order valence-corrected chi connectivity index (χ0v) is 13.6. The molecular weight excluding hydrogens is 294 g/mol. The molecule has 0 spiro atoms. The molecule has 0 bridgehead atoms. The Bertz CT molecular complexity index is 661. The maximum atomic E-state index is 5.59. The number of hydrogen-bond acceptors (Lipinski definition) is 4. The highest BCUT2D eigenvalue weighted by Gasteiger charge is 2.24. The third-order valence-electron chi connectivity index (χ3n) is 4.39. The summed E-state index contributed by atoms with van der Waals surface area (Å²) in [5.74, 6) is 0.529. The molecule has 4 nitrogen and oxygen atoms in total. The molecule has 2 unspecified atom stereocenters. The molecule has 0 radical (unpaired) electrons. The zero-order valence-electron chi connectivity index (χ0n) is 12.8. The highest BCUT2D eigenvalue weighted by atomic mass is 32.1. The molecular formula is C17H21N3OS. The summed E-state index contributed by atoms with van der Waals surface area (Å²) >= 11 is 5.50. The fraction of sp³-hybridized carbons (Fsp3) is 0.471. The lowest BCUT2D eigenvalue weighted by atomic mass is 9.86. The van der Waals surface area contributed by atoms with E-state index in [2.05, 4.69) is 15.3 Å². The van der Waals surface area contributed by atoms with Gasteiger partial charge in [0.05, 0.1) is 17.3 Å². The number of fused-ring (bicyclic) bond motifs is 1. The fourth-order valence-electron chi connectivity index (χ4n) is 3.12. The van der Waals surface area contributed by atoms with Crippen molar-refractivity contribution in [2.45, 2.75) is 31.8 Å². The minimum Gasteiger partial charge on any atom is -0.381 e. The van der Waals surface area contributed by atoms with Crippen LogP contribution in [0.5, 0.6) is 0 Å². The number of rotatable bonds is 4. The molecule has 1 aliphatic carbocycles. The van der Waals surface area contributed by atoms with Crippen LogP contribution in [0, 0.1) is 5.92 Å². The zero-order chi connectivity index (χ0) is 15.4. The maximum Gasteiger partial charge on any atom is 0.125 e. The SMILES string of the molecule is COC1CCCCC1CNC(=S)c1ccc2cnccc2n1. The summed E-state index contributed by atoms with van der Waals surface area (Å²) in [6, 6.07) is 5.87. The summed E-state index contributed by atoms with van der Waals surface area (Å²) in [5.41, 5.74) is 1.74. The van der Waals surface area contributed by atoms with Gasteiger partial charge in [-0.05, 0) is 31.0 Å². The predicted molar refractivity (Wildman–Crippen MR) is 92.0 cm³/mol. The second kappa shape index (κ2) is 7.11. The fourth-order valence-corrected chi connectivity index (χ4v) is 3.32. The highest BCUT2D eigenvalue weighted by Crippen LogP contribution is 2.26. The van der Waals surface area contributed by atoms with Gasteiger partial charge >= 0.3 is 0 Å². The van der Waals surface area contributed by atoms with Crippen molar-refractivity contribution in [1.82, 2.24) is 15.3 Å². The number of pyridine rings is 2. The smallest absolute Gasteiger partial charge is 0.125 e. The van der Waals surface area contributed by atoms with Gasteiger partial charge in [0.25, 0.3) is 0 Å². The molecule has 2 aromatic rings. The number of nitrogens with one attached hydrogen (secondary N) is 1. The van der Waals surface area contributed by atoms with E-state index in [4.69, 9.17) is 17.0 Å². The number of ether oxygens (including phenoxy) is 1. The first-order valence-electron chi connectivity index (χ1n) is 7.79. The van der Waals surface area contributed by atoms with Crippen molar-refractivity contribution in [1.29, 1.82) is 0 Å². The monoisotopic (exact) mass is 315 g/mol. The molecule has 3 rings (SSSR count). The quantitative estimate of drug-likeness (QED) is 0.879. The first-order valence-corrected chi connectivity index (χ1v) is 8.20. The van der Waals surface area contributed by atoms with E-state index in [0.29, 0.717) is 17.0 Å². The molecule has 116 valence electrons. The van der Waals surface area contributed by atoms with Crippen molar-refractivity contribution in [3.63, 3.8) is 0 Å². The standard InChI is InChI=1S/C17H21N3OS/c1-21-16-5-3-2-4-13(16)11-19-17(22)15-7-6-12-10-18-9-8-14(12)20-15/h6-10,13,16H,2-5,11H2,1H3,(H,19,22). The summed E-state index contributed by atoms with van der Waals surface area (Å²) in [5, 5.41) is 4.40. The van der Waals surface area contributed by atoms with Crippen molar-refractivity contribution < 1.29 is 4.74 Å².